The Labute approximate surface area is 148 Å². The summed E-state index contributed by atoms with van der Waals surface area (Å²) in [6.07, 6.45) is 1.76. The van der Waals surface area contributed by atoms with Crippen molar-refractivity contribution in [3.63, 3.8) is 0 Å². The third-order valence-electron chi connectivity index (χ3n) is 4.41. The number of carbonyl (C=O) groups is 1. The number of rotatable bonds is 3. The van der Waals surface area contributed by atoms with Crippen molar-refractivity contribution in [2.45, 2.75) is 47.6 Å². The van der Waals surface area contributed by atoms with E-state index in [1.54, 1.807) is 6.20 Å². The fourth-order valence-corrected chi connectivity index (χ4v) is 3.23. The third-order valence-corrected chi connectivity index (χ3v) is 4.41. The largest absolute Gasteiger partial charge is 0.321 e. The van der Waals surface area contributed by atoms with Gasteiger partial charge in [-0.2, -0.15) is 5.10 Å². The summed E-state index contributed by atoms with van der Waals surface area (Å²) in [5.74, 6) is -0.140. The maximum Gasteiger partial charge on any atom is 0.257 e. The fourth-order valence-electron chi connectivity index (χ4n) is 3.23. The van der Waals surface area contributed by atoms with Gasteiger partial charge in [0.25, 0.3) is 5.91 Å². The van der Waals surface area contributed by atoms with Crippen LogP contribution in [0.4, 0.5) is 5.69 Å². The molecule has 1 amide bonds. The number of hydrogen-bond acceptors (Lipinski definition) is 3. The van der Waals surface area contributed by atoms with Crippen molar-refractivity contribution in [2.75, 3.05) is 5.32 Å². The SMILES string of the molecule is Cc1cc(C)c(NC(=O)c2cc3cnn(C(C)C)c3nc2C)c(C)c1. The van der Waals surface area contributed by atoms with Gasteiger partial charge in [-0.3, -0.25) is 4.79 Å². The number of pyridine rings is 1. The Kier molecular flexibility index (Phi) is 4.33. The van der Waals surface area contributed by atoms with Crippen molar-refractivity contribution >= 4 is 22.6 Å². The lowest BCUT2D eigenvalue weighted by atomic mass is 10.0. The molecule has 2 aromatic heterocycles. The predicted molar refractivity (Wildman–Crippen MR) is 101 cm³/mol. The first kappa shape index (κ1) is 17.1. The molecule has 25 heavy (non-hydrogen) atoms. The molecule has 1 N–H and O–H groups in total. The normalized spacial score (nSPS) is 11.3. The summed E-state index contributed by atoms with van der Waals surface area (Å²) in [4.78, 5) is 17.4. The molecule has 0 bridgehead atoms. The maximum atomic E-state index is 12.8. The van der Waals surface area contributed by atoms with Gasteiger partial charge in [0.05, 0.1) is 17.5 Å². The summed E-state index contributed by atoms with van der Waals surface area (Å²) >= 11 is 0. The molecule has 130 valence electrons. The number of nitrogens with one attached hydrogen (secondary N) is 1. The van der Waals surface area contributed by atoms with E-state index < -0.39 is 0 Å². The Morgan fingerprint density at radius 2 is 1.72 bits per heavy atom. The highest BCUT2D eigenvalue weighted by Crippen LogP contribution is 2.24. The molecule has 1 aromatic carbocycles. The van der Waals surface area contributed by atoms with Crippen LogP contribution in [0, 0.1) is 27.7 Å². The van der Waals surface area contributed by atoms with E-state index in [0.717, 1.165) is 27.8 Å². The number of carbonyl (C=O) groups excluding carboxylic acids is 1. The van der Waals surface area contributed by atoms with Crippen molar-refractivity contribution in [1.29, 1.82) is 0 Å². The molecule has 0 aliphatic rings. The van der Waals surface area contributed by atoms with Crippen LogP contribution in [-0.2, 0) is 0 Å². The average molecular weight is 336 g/mol. The van der Waals surface area contributed by atoms with Crippen molar-refractivity contribution in [3.05, 3.63) is 52.3 Å². The highest BCUT2D eigenvalue weighted by molar-refractivity contribution is 6.07. The van der Waals surface area contributed by atoms with Crippen molar-refractivity contribution in [2.24, 2.45) is 0 Å². The van der Waals surface area contributed by atoms with Crippen molar-refractivity contribution in [1.82, 2.24) is 14.8 Å². The van der Waals surface area contributed by atoms with Crippen LogP contribution < -0.4 is 5.32 Å². The Morgan fingerprint density at radius 1 is 1.08 bits per heavy atom. The van der Waals surface area contributed by atoms with E-state index in [9.17, 15) is 4.79 Å². The first-order valence-corrected chi connectivity index (χ1v) is 8.52. The second-order valence-electron chi connectivity index (χ2n) is 6.94. The van der Waals surface area contributed by atoms with Crippen molar-refractivity contribution < 1.29 is 4.79 Å². The predicted octanol–water partition coefficient (Wildman–Crippen LogP) is 4.50. The Hall–Kier alpha value is -2.69. The number of aromatic nitrogens is 3. The van der Waals surface area contributed by atoms with E-state index in [1.807, 2.05) is 31.5 Å². The zero-order valence-corrected chi connectivity index (χ0v) is 15.6. The molecular formula is C20H24N4O. The average Bonchev–Trinajstić information content (AvgIpc) is 2.92. The van der Waals surface area contributed by atoms with Gasteiger partial charge in [0, 0.05) is 17.1 Å². The molecular weight excluding hydrogens is 312 g/mol. The lowest BCUT2D eigenvalue weighted by molar-refractivity contribution is 0.102. The van der Waals surface area contributed by atoms with Crippen LogP contribution in [0.25, 0.3) is 11.0 Å². The molecule has 2 heterocycles. The van der Waals surface area contributed by atoms with E-state index in [2.05, 4.69) is 48.3 Å². The second-order valence-corrected chi connectivity index (χ2v) is 6.94. The van der Waals surface area contributed by atoms with Crippen LogP contribution in [-0.4, -0.2) is 20.7 Å². The zero-order chi connectivity index (χ0) is 18.3. The summed E-state index contributed by atoms with van der Waals surface area (Å²) in [5.41, 5.74) is 6.27. The van der Waals surface area contributed by atoms with Gasteiger partial charge in [-0.25, -0.2) is 9.67 Å². The van der Waals surface area contributed by atoms with Crippen LogP contribution in [0.3, 0.4) is 0 Å². The van der Waals surface area contributed by atoms with Gasteiger partial charge in [0.2, 0.25) is 0 Å². The van der Waals surface area contributed by atoms with Gasteiger partial charge < -0.3 is 5.32 Å². The van der Waals surface area contributed by atoms with Crippen LogP contribution in [0.1, 0.15) is 52.6 Å². The minimum Gasteiger partial charge on any atom is -0.321 e. The number of anilines is 1. The molecule has 3 rings (SSSR count). The molecule has 5 nitrogen and oxygen atoms in total. The molecule has 0 aliphatic carbocycles. The molecule has 0 atom stereocenters. The quantitative estimate of drug-likeness (QED) is 0.766. The Bertz CT molecular complexity index is 946. The summed E-state index contributed by atoms with van der Waals surface area (Å²) in [5, 5.41) is 8.31. The first-order chi connectivity index (χ1) is 11.8. The maximum absolute atomic E-state index is 12.8. The number of amides is 1. The highest BCUT2D eigenvalue weighted by atomic mass is 16.1. The molecule has 0 aliphatic heterocycles. The lowest BCUT2D eigenvalue weighted by Gasteiger charge is -2.14. The van der Waals surface area contributed by atoms with E-state index in [1.165, 1.54) is 5.56 Å². The summed E-state index contributed by atoms with van der Waals surface area (Å²) in [6, 6.07) is 6.24. The summed E-state index contributed by atoms with van der Waals surface area (Å²) < 4.78 is 1.87. The summed E-state index contributed by atoms with van der Waals surface area (Å²) in [7, 11) is 0. The molecule has 5 heteroatoms. The smallest absolute Gasteiger partial charge is 0.257 e. The van der Waals surface area contributed by atoms with Crippen LogP contribution in [0.2, 0.25) is 0 Å². The van der Waals surface area contributed by atoms with Gasteiger partial charge in [-0.15, -0.1) is 0 Å². The number of hydrogen-bond donors (Lipinski definition) is 1. The molecule has 0 unspecified atom stereocenters. The van der Waals surface area contributed by atoms with Crippen LogP contribution >= 0.6 is 0 Å². The number of nitrogens with zero attached hydrogens (tertiary/aromatic N) is 3. The topological polar surface area (TPSA) is 59.8 Å². The highest BCUT2D eigenvalue weighted by Gasteiger charge is 2.17. The fraction of sp³-hybridized carbons (Fsp3) is 0.350. The first-order valence-electron chi connectivity index (χ1n) is 8.52. The number of aryl methyl sites for hydroxylation is 4. The molecule has 0 radical (unpaired) electrons. The minimum absolute atomic E-state index is 0.140. The van der Waals surface area contributed by atoms with Gasteiger partial charge >= 0.3 is 0 Å². The molecule has 3 aromatic rings. The molecule has 0 fully saturated rings. The van der Waals surface area contributed by atoms with Gasteiger partial charge in [-0.1, -0.05) is 17.7 Å². The summed E-state index contributed by atoms with van der Waals surface area (Å²) in [6.45, 7) is 12.1. The monoisotopic (exact) mass is 336 g/mol. The molecule has 0 saturated carbocycles. The standard InChI is InChI=1S/C20H24N4O/c1-11(2)24-19-16(10-21-24)9-17(15(6)22-19)20(25)23-18-13(4)7-12(3)8-14(18)5/h7-11H,1-6H3,(H,23,25). The van der Waals surface area contributed by atoms with Gasteiger partial charge in [-0.05, 0) is 58.7 Å². The number of fused-ring (bicyclic) bond motifs is 1. The minimum atomic E-state index is -0.140. The van der Waals surface area contributed by atoms with E-state index in [4.69, 9.17) is 0 Å². The number of benzene rings is 1. The lowest BCUT2D eigenvalue weighted by Crippen LogP contribution is -2.16. The Morgan fingerprint density at radius 3 is 2.32 bits per heavy atom. The second kappa shape index (κ2) is 6.31. The Balaban J connectivity index is 1.99. The molecule has 0 saturated heterocycles. The van der Waals surface area contributed by atoms with Crippen LogP contribution in [0.15, 0.2) is 24.4 Å². The van der Waals surface area contributed by atoms with Gasteiger partial charge in [0.1, 0.15) is 0 Å². The van der Waals surface area contributed by atoms with E-state index >= 15 is 0 Å². The molecule has 0 spiro atoms. The van der Waals surface area contributed by atoms with Crippen molar-refractivity contribution in [3.8, 4) is 0 Å². The zero-order valence-electron chi connectivity index (χ0n) is 15.6. The van der Waals surface area contributed by atoms with Crippen LogP contribution in [0.5, 0.6) is 0 Å². The van der Waals surface area contributed by atoms with E-state index in [-0.39, 0.29) is 11.9 Å². The van der Waals surface area contributed by atoms with Gasteiger partial charge in [0.15, 0.2) is 5.65 Å². The van der Waals surface area contributed by atoms with E-state index in [0.29, 0.717) is 11.3 Å². The third kappa shape index (κ3) is 3.14.